The Morgan fingerprint density at radius 3 is 2.86 bits per heavy atom. The average Bonchev–Trinajstić information content (AvgIpc) is 2.99. The first kappa shape index (κ1) is 16.2. The molecular formula is C16H19FN2O3. The van der Waals surface area contributed by atoms with Crippen molar-refractivity contribution in [3.8, 4) is 11.3 Å². The van der Waals surface area contributed by atoms with E-state index in [0.717, 1.165) is 12.0 Å². The topological polar surface area (TPSA) is 64.4 Å². The molecule has 1 aromatic carbocycles. The van der Waals surface area contributed by atoms with Crippen molar-refractivity contribution in [3.05, 3.63) is 42.2 Å². The molecule has 0 aliphatic carbocycles. The second kappa shape index (κ2) is 8.29. The minimum atomic E-state index is -0.298. The number of hydrogen-bond donors (Lipinski definition) is 1. The van der Waals surface area contributed by atoms with Gasteiger partial charge in [0, 0.05) is 38.7 Å². The summed E-state index contributed by atoms with van der Waals surface area (Å²) in [4.78, 5) is 15.8. The third-order valence-corrected chi connectivity index (χ3v) is 3.10. The first-order chi connectivity index (χ1) is 10.7. The second-order valence-electron chi connectivity index (χ2n) is 4.82. The zero-order valence-electron chi connectivity index (χ0n) is 12.5. The van der Waals surface area contributed by atoms with E-state index in [9.17, 15) is 9.18 Å². The molecule has 1 amide bonds. The van der Waals surface area contributed by atoms with E-state index < -0.39 is 0 Å². The predicted octanol–water partition coefficient (Wildman–Crippen LogP) is 2.57. The molecule has 0 bridgehead atoms. The zero-order chi connectivity index (χ0) is 15.8. The Hall–Kier alpha value is -2.21. The zero-order valence-corrected chi connectivity index (χ0v) is 12.5. The molecule has 0 atom stereocenters. The van der Waals surface area contributed by atoms with E-state index in [1.54, 1.807) is 25.4 Å². The minimum absolute atomic E-state index is 0.0439. The highest BCUT2D eigenvalue weighted by atomic mass is 19.1. The Morgan fingerprint density at radius 2 is 2.14 bits per heavy atom. The highest BCUT2D eigenvalue weighted by molar-refractivity contribution is 5.75. The summed E-state index contributed by atoms with van der Waals surface area (Å²) in [5.41, 5.74) is 0.754. The van der Waals surface area contributed by atoms with E-state index in [1.165, 1.54) is 12.1 Å². The number of nitrogens with one attached hydrogen (secondary N) is 1. The molecule has 5 nitrogen and oxygen atoms in total. The normalized spacial score (nSPS) is 10.6. The highest BCUT2D eigenvalue weighted by Gasteiger charge is 2.09. The highest BCUT2D eigenvalue weighted by Crippen LogP contribution is 2.21. The molecule has 0 aliphatic rings. The largest absolute Gasteiger partial charge is 0.441 e. The van der Waals surface area contributed by atoms with E-state index >= 15 is 0 Å². The molecule has 1 aromatic heterocycles. The van der Waals surface area contributed by atoms with E-state index in [-0.39, 0.29) is 11.7 Å². The summed E-state index contributed by atoms with van der Waals surface area (Å²) in [5, 5.41) is 2.80. The van der Waals surface area contributed by atoms with Crippen molar-refractivity contribution in [1.29, 1.82) is 0 Å². The molecule has 1 heterocycles. The van der Waals surface area contributed by atoms with Gasteiger partial charge in [-0.05, 0) is 30.7 Å². The molecule has 2 rings (SSSR count). The number of rotatable bonds is 8. The summed E-state index contributed by atoms with van der Waals surface area (Å²) in [6, 6.07) is 5.99. The molecule has 1 N–H and O–H groups in total. The van der Waals surface area contributed by atoms with Crippen molar-refractivity contribution in [3.63, 3.8) is 0 Å². The van der Waals surface area contributed by atoms with Crippen LogP contribution in [0.2, 0.25) is 0 Å². The van der Waals surface area contributed by atoms with Crippen LogP contribution < -0.4 is 5.32 Å². The number of nitrogens with zero attached hydrogens (tertiary/aromatic N) is 1. The lowest BCUT2D eigenvalue weighted by Crippen LogP contribution is -2.25. The van der Waals surface area contributed by atoms with E-state index in [4.69, 9.17) is 9.15 Å². The molecule has 22 heavy (non-hydrogen) atoms. The monoisotopic (exact) mass is 306 g/mol. The van der Waals surface area contributed by atoms with E-state index in [1.807, 2.05) is 0 Å². The summed E-state index contributed by atoms with van der Waals surface area (Å²) >= 11 is 0. The fourth-order valence-electron chi connectivity index (χ4n) is 1.93. The molecule has 2 aromatic rings. The van der Waals surface area contributed by atoms with Crippen LogP contribution in [0.1, 0.15) is 18.7 Å². The lowest BCUT2D eigenvalue weighted by Gasteiger charge is -2.03. The quantitative estimate of drug-likeness (QED) is 0.761. The van der Waals surface area contributed by atoms with Gasteiger partial charge in [0.15, 0.2) is 11.7 Å². The van der Waals surface area contributed by atoms with E-state index in [0.29, 0.717) is 37.6 Å². The maximum atomic E-state index is 12.9. The van der Waals surface area contributed by atoms with Crippen LogP contribution >= 0.6 is 0 Å². The number of carbonyl (C=O) groups is 1. The van der Waals surface area contributed by atoms with Crippen LogP contribution in [-0.2, 0) is 16.0 Å². The number of methoxy groups -OCH3 is 1. The summed E-state index contributed by atoms with van der Waals surface area (Å²) in [7, 11) is 1.63. The predicted molar refractivity (Wildman–Crippen MR) is 79.7 cm³/mol. The Labute approximate surface area is 128 Å². The van der Waals surface area contributed by atoms with Gasteiger partial charge in [-0.3, -0.25) is 4.79 Å². The van der Waals surface area contributed by atoms with Crippen LogP contribution in [0, 0.1) is 5.82 Å². The van der Waals surface area contributed by atoms with Crippen molar-refractivity contribution in [2.45, 2.75) is 19.3 Å². The van der Waals surface area contributed by atoms with Gasteiger partial charge in [-0.15, -0.1) is 0 Å². The fourth-order valence-corrected chi connectivity index (χ4v) is 1.93. The SMILES string of the molecule is COCCCNC(=O)CCc1ncc(-c2ccc(F)cc2)o1. The lowest BCUT2D eigenvalue weighted by atomic mass is 10.2. The van der Waals surface area contributed by atoms with Gasteiger partial charge in [0.2, 0.25) is 5.91 Å². The summed E-state index contributed by atoms with van der Waals surface area (Å²) in [6.07, 6.45) is 3.11. The maximum absolute atomic E-state index is 12.9. The van der Waals surface area contributed by atoms with Crippen molar-refractivity contribution in [1.82, 2.24) is 10.3 Å². The van der Waals surface area contributed by atoms with Crippen LogP contribution in [0.25, 0.3) is 11.3 Å². The van der Waals surface area contributed by atoms with Gasteiger partial charge in [-0.25, -0.2) is 9.37 Å². The summed E-state index contributed by atoms with van der Waals surface area (Å²) in [6.45, 7) is 1.22. The van der Waals surface area contributed by atoms with Gasteiger partial charge in [-0.1, -0.05) is 0 Å². The second-order valence-corrected chi connectivity index (χ2v) is 4.82. The number of aryl methyl sites for hydroxylation is 1. The van der Waals surface area contributed by atoms with Gasteiger partial charge in [0.1, 0.15) is 5.82 Å². The number of oxazole rings is 1. The molecule has 0 aliphatic heterocycles. The van der Waals surface area contributed by atoms with Gasteiger partial charge in [0.05, 0.1) is 6.20 Å². The van der Waals surface area contributed by atoms with Gasteiger partial charge in [-0.2, -0.15) is 0 Å². The van der Waals surface area contributed by atoms with Crippen LogP contribution in [0.5, 0.6) is 0 Å². The van der Waals surface area contributed by atoms with Gasteiger partial charge >= 0.3 is 0 Å². The number of halogens is 1. The Bertz CT molecular complexity index is 596. The van der Waals surface area contributed by atoms with E-state index in [2.05, 4.69) is 10.3 Å². The smallest absolute Gasteiger partial charge is 0.220 e. The lowest BCUT2D eigenvalue weighted by molar-refractivity contribution is -0.121. The van der Waals surface area contributed by atoms with Gasteiger partial charge < -0.3 is 14.5 Å². The van der Waals surface area contributed by atoms with Crippen LogP contribution in [0.4, 0.5) is 4.39 Å². The number of aromatic nitrogens is 1. The third-order valence-electron chi connectivity index (χ3n) is 3.10. The molecule has 0 saturated carbocycles. The molecule has 0 saturated heterocycles. The van der Waals surface area contributed by atoms with Crippen molar-refractivity contribution in [2.75, 3.05) is 20.3 Å². The number of ether oxygens (including phenoxy) is 1. The minimum Gasteiger partial charge on any atom is -0.441 e. The first-order valence-corrected chi connectivity index (χ1v) is 7.15. The van der Waals surface area contributed by atoms with Crippen LogP contribution in [-0.4, -0.2) is 31.2 Å². The Morgan fingerprint density at radius 1 is 1.36 bits per heavy atom. The average molecular weight is 306 g/mol. The molecule has 6 heteroatoms. The van der Waals surface area contributed by atoms with Crippen molar-refractivity contribution in [2.24, 2.45) is 0 Å². The Kier molecular flexibility index (Phi) is 6.09. The molecule has 0 unspecified atom stereocenters. The molecule has 0 fully saturated rings. The fraction of sp³-hybridized carbons (Fsp3) is 0.375. The third kappa shape index (κ3) is 4.96. The molecule has 0 radical (unpaired) electrons. The number of carbonyl (C=O) groups excluding carboxylic acids is 1. The molecular weight excluding hydrogens is 287 g/mol. The standard InChI is InChI=1S/C16H19FN2O3/c1-21-10-2-9-18-15(20)7-8-16-19-11-14(22-16)12-3-5-13(17)6-4-12/h3-6,11H,2,7-10H2,1H3,(H,18,20). The summed E-state index contributed by atoms with van der Waals surface area (Å²) < 4.78 is 23.3. The van der Waals surface area contributed by atoms with Crippen LogP contribution in [0.3, 0.4) is 0 Å². The molecule has 118 valence electrons. The number of hydrogen-bond acceptors (Lipinski definition) is 4. The summed E-state index contributed by atoms with van der Waals surface area (Å²) in [5.74, 6) is 0.716. The first-order valence-electron chi connectivity index (χ1n) is 7.15. The number of benzene rings is 1. The van der Waals surface area contributed by atoms with Crippen molar-refractivity contribution < 1.29 is 18.3 Å². The van der Waals surface area contributed by atoms with Crippen LogP contribution in [0.15, 0.2) is 34.9 Å². The number of amides is 1. The maximum Gasteiger partial charge on any atom is 0.220 e. The Balaban J connectivity index is 1.79. The molecule has 0 spiro atoms. The van der Waals surface area contributed by atoms with Gasteiger partial charge in [0.25, 0.3) is 0 Å². The van der Waals surface area contributed by atoms with Crippen molar-refractivity contribution >= 4 is 5.91 Å².